The minimum Gasteiger partial charge on any atom is -0.463 e. The Balaban J connectivity index is 3.33. The molecule has 2 nitrogen and oxygen atoms in total. The molecule has 8 heavy (non-hydrogen) atoms. The number of hydrogen-bond acceptors (Lipinski definition) is 3. The van der Waals surface area contributed by atoms with E-state index in [4.69, 9.17) is 0 Å². The number of esters is 1. The van der Waals surface area contributed by atoms with Gasteiger partial charge in [0.2, 0.25) is 5.50 Å². The highest BCUT2D eigenvalue weighted by Gasteiger charge is 2.10. The van der Waals surface area contributed by atoms with E-state index >= 15 is 0 Å². The average molecular weight is 138 g/mol. The van der Waals surface area contributed by atoms with E-state index in [2.05, 4.69) is 17.4 Å². The second-order valence-corrected chi connectivity index (χ2v) is 1.54. The summed E-state index contributed by atoms with van der Waals surface area (Å²) in [5.74, 6) is -0.921. The number of ether oxygens (including phenoxy) is 1. The molecule has 0 radical (unpaired) electrons. The lowest BCUT2D eigenvalue weighted by atomic mass is 10.7. The van der Waals surface area contributed by atoms with Crippen molar-refractivity contribution < 1.29 is 13.9 Å². The molecule has 0 N–H and O–H groups in total. The standard InChI is InChI=1S/C4H7FO2S/c1-2-7-4(6)3(5)8/h3,8H,2H2,1H3. The third kappa shape index (κ3) is 2.85. The largest absolute Gasteiger partial charge is 0.463 e. The number of thiol groups is 1. The van der Waals surface area contributed by atoms with Gasteiger partial charge in [0.1, 0.15) is 0 Å². The molecule has 0 rings (SSSR count). The normalized spacial score (nSPS) is 12.9. The van der Waals surface area contributed by atoms with Crippen molar-refractivity contribution >= 4 is 18.6 Å². The number of carbonyl (C=O) groups excluding carboxylic acids is 1. The Morgan fingerprint density at radius 2 is 2.50 bits per heavy atom. The quantitative estimate of drug-likeness (QED) is 0.450. The summed E-state index contributed by atoms with van der Waals surface area (Å²) in [7, 11) is 0. The van der Waals surface area contributed by atoms with Gasteiger partial charge in [0.25, 0.3) is 0 Å². The molecule has 1 atom stereocenters. The number of hydrogen-bond donors (Lipinski definition) is 1. The summed E-state index contributed by atoms with van der Waals surface area (Å²) in [5.41, 5.74) is -1.80. The van der Waals surface area contributed by atoms with E-state index in [-0.39, 0.29) is 6.61 Å². The molecule has 0 aromatic heterocycles. The van der Waals surface area contributed by atoms with E-state index in [9.17, 15) is 9.18 Å². The van der Waals surface area contributed by atoms with Gasteiger partial charge in [0, 0.05) is 0 Å². The maximum atomic E-state index is 11.7. The molecule has 0 fully saturated rings. The lowest BCUT2D eigenvalue weighted by Gasteiger charge is -1.98. The Labute approximate surface area is 52.4 Å². The van der Waals surface area contributed by atoms with Gasteiger partial charge in [-0.05, 0) is 6.92 Å². The molecule has 0 amide bonds. The first-order valence-corrected chi connectivity index (χ1v) is 2.69. The SMILES string of the molecule is CCOC(=O)C(F)S. The highest BCUT2D eigenvalue weighted by atomic mass is 32.1. The van der Waals surface area contributed by atoms with Crippen molar-refractivity contribution in [1.82, 2.24) is 0 Å². The number of alkyl halides is 1. The molecule has 4 heteroatoms. The van der Waals surface area contributed by atoms with Crippen LogP contribution in [0.15, 0.2) is 0 Å². The molecule has 0 bridgehead atoms. The smallest absolute Gasteiger partial charge is 0.351 e. The maximum absolute atomic E-state index is 11.7. The van der Waals surface area contributed by atoms with Crippen molar-refractivity contribution in [2.45, 2.75) is 12.4 Å². The van der Waals surface area contributed by atoms with Crippen LogP contribution in [0, 0.1) is 0 Å². The van der Waals surface area contributed by atoms with Gasteiger partial charge in [-0.25, -0.2) is 9.18 Å². The van der Waals surface area contributed by atoms with Crippen molar-refractivity contribution in [2.75, 3.05) is 6.61 Å². The third-order valence-electron chi connectivity index (χ3n) is 0.481. The predicted molar refractivity (Wildman–Crippen MR) is 30.5 cm³/mol. The average Bonchev–Trinajstić information content (AvgIpc) is 1.67. The van der Waals surface area contributed by atoms with Crippen LogP contribution in [0.1, 0.15) is 6.92 Å². The van der Waals surface area contributed by atoms with Crippen LogP contribution < -0.4 is 0 Å². The fourth-order valence-electron chi connectivity index (χ4n) is 0.211. The monoisotopic (exact) mass is 138 g/mol. The highest BCUT2D eigenvalue weighted by molar-refractivity contribution is 7.81. The zero-order valence-corrected chi connectivity index (χ0v) is 5.32. The molecule has 0 aromatic rings. The maximum Gasteiger partial charge on any atom is 0.351 e. The van der Waals surface area contributed by atoms with Gasteiger partial charge in [-0.3, -0.25) is 0 Å². The van der Waals surface area contributed by atoms with Crippen LogP contribution in [-0.4, -0.2) is 18.1 Å². The van der Waals surface area contributed by atoms with Crippen molar-refractivity contribution in [3.63, 3.8) is 0 Å². The Bertz CT molecular complexity index is 84.1. The summed E-state index contributed by atoms with van der Waals surface area (Å²) in [4.78, 5) is 10.1. The number of rotatable bonds is 2. The van der Waals surface area contributed by atoms with Crippen LogP contribution >= 0.6 is 12.6 Å². The van der Waals surface area contributed by atoms with Crippen LogP contribution in [-0.2, 0) is 9.53 Å². The molecule has 48 valence electrons. The van der Waals surface area contributed by atoms with E-state index in [1.807, 2.05) is 0 Å². The van der Waals surface area contributed by atoms with Gasteiger partial charge < -0.3 is 4.74 Å². The first kappa shape index (κ1) is 7.75. The van der Waals surface area contributed by atoms with Crippen molar-refractivity contribution in [3.8, 4) is 0 Å². The summed E-state index contributed by atoms with van der Waals surface area (Å²) >= 11 is 3.19. The Hall–Kier alpha value is -0.250. The molecule has 0 saturated carbocycles. The molecule has 0 spiro atoms. The lowest BCUT2D eigenvalue weighted by molar-refractivity contribution is -0.145. The summed E-state index contributed by atoms with van der Waals surface area (Å²) in [6.45, 7) is 1.80. The van der Waals surface area contributed by atoms with Crippen molar-refractivity contribution in [3.05, 3.63) is 0 Å². The second-order valence-electron chi connectivity index (χ2n) is 1.09. The Kier molecular flexibility index (Phi) is 3.60. The molecule has 0 aromatic carbocycles. The first-order chi connectivity index (χ1) is 3.68. The Morgan fingerprint density at radius 1 is 2.00 bits per heavy atom. The van der Waals surface area contributed by atoms with Gasteiger partial charge in [-0.1, -0.05) is 0 Å². The Morgan fingerprint density at radius 3 is 2.62 bits per heavy atom. The van der Waals surface area contributed by atoms with E-state index in [1.165, 1.54) is 0 Å². The van der Waals surface area contributed by atoms with Crippen LogP contribution in [0.5, 0.6) is 0 Å². The summed E-state index contributed by atoms with van der Waals surface area (Å²) in [6.07, 6.45) is 0. The molecule has 0 aliphatic carbocycles. The third-order valence-corrected chi connectivity index (χ3v) is 0.692. The van der Waals surface area contributed by atoms with Gasteiger partial charge >= 0.3 is 5.97 Å². The number of carbonyl (C=O) groups is 1. The van der Waals surface area contributed by atoms with Crippen LogP contribution in [0.3, 0.4) is 0 Å². The van der Waals surface area contributed by atoms with Crippen LogP contribution in [0.25, 0.3) is 0 Å². The van der Waals surface area contributed by atoms with Gasteiger partial charge in [-0.2, -0.15) is 0 Å². The predicted octanol–water partition coefficient (Wildman–Crippen LogP) is 0.775. The van der Waals surface area contributed by atoms with E-state index < -0.39 is 11.5 Å². The minimum atomic E-state index is -1.80. The molecule has 1 unspecified atom stereocenters. The summed E-state index contributed by atoms with van der Waals surface area (Å²) in [6, 6.07) is 0. The lowest BCUT2D eigenvalue weighted by Crippen LogP contribution is -2.12. The fourth-order valence-corrected chi connectivity index (χ4v) is 0.286. The molecule has 0 heterocycles. The first-order valence-electron chi connectivity index (χ1n) is 2.17. The van der Waals surface area contributed by atoms with Crippen molar-refractivity contribution in [2.24, 2.45) is 0 Å². The highest BCUT2D eigenvalue weighted by Crippen LogP contribution is 1.97. The van der Waals surface area contributed by atoms with Crippen LogP contribution in [0.4, 0.5) is 4.39 Å². The van der Waals surface area contributed by atoms with Gasteiger partial charge in [0.05, 0.1) is 6.61 Å². The van der Waals surface area contributed by atoms with E-state index in [0.717, 1.165) is 0 Å². The van der Waals surface area contributed by atoms with E-state index in [1.54, 1.807) is 6.92 Å². The van der Waals surface area contributed by atoms with E-state index in [0.29, 0.717) is 0 Å². The number of halogens is 1. The topological polar surface area (TPSA) is 26.3 Å². The zero-order valence-electron chi connectivity index (χ0n) is 4.43. The van der Waals surface area contributed by atoms with Crippen LogP contribution in [0.2, 0.25) is 0 Å². The van der Waals surface area contributed by atoms with Gasteiger partial charge in [-0.15, -0.1) is 12.6 Å². The molecule has 0 saturated heterocycles. The molecular weight excluding hydrogens is 131 g/mol. The molecule has 0 aliphatic heterocycles. The zero-order chi connectivity index (χ0) is 6.57. The second kappa shape index (κ2) is 3.72. The molecule has 0 aliphatic rings. The van der Waals surface area contributed by atoms with Crippen molar-refractivity contribution in [1.29, 1.82) is 0 Å². The summed E-state index contributed by atoms with van der Waals surface area (Å²) < 4.78 is 15.9. The fraction of sp³-hybridized carbons (Fsp3) is 0.750. The van der Waals surface area contributed by atoms with Gasteiger partial charge in [0.15, 0.2) is 0 Å². The summed E-state index contributed by atoms with van der Waals surface area (Å²) in [5, 5.41) is 0. The minimum absolute atomic E-state index is 0.194. The molecular formula is C4H7FO2S.